The Kier molecular flexibility index (Phi) is 7.20. The van der Waals surface area contributed by atoms with Crippen LogP contribution in [0.1, 0.15) is 24.2 Å². The van der Waals surface area contributed by atoms with Gasteiger partial charge in [0.25, 0.3) is 11.6 Å². The van der Waals surface area contributed by atoms with Gasteiger partial charge in [0.2, 0.25) is 5.91 Å². The molecule has 0 aromatic heterocycles. The van der Waals surface area contributed by atoms with Crippen molar-refractivity contribution in [1.82, 2.24) is 5.32 Å². The third kappa shape index (κ3) is 5.97. The topological polar surface area (TPSA) is 101 Å². The number of carbonyl (C=O) groups is 2. The van der Waals surface area contributed by atoms with E-state index in [-0.39, 0.29) is 34.1 Å². The van der Waals surface area contributed by atoms with E-state index in [0.29, 0.717) is 10.5 Å². The van der Waals surface area contributed by atoms with E-state index in [1.807, 2.05) is 13.8 Å². The van der Waals surface area contributed by atoms with Crippen molar-refractivity contribution in [2.45, 2.75) is 24.8 Å². The lowest BCUT2D eigenvalue weighted by Gasteiger charge is -2.11. The Morgan fingerprint density at radius 1 is 1.22 bits per heavy atom. The number of carbonyl (C=O) groups excluding carboxylic acids is 2. The summed E-state index contributed by atoms with van der Waals surface area (Å²) in [6.45, 7) is 3.74. The quantitative estimate of drug-likeness (QED) is 0.408. The highest BCUT2D eigenvalue weighted by molar-refractivity contribution is 8.00. The molecule has 142 valence electrons. The van der Waals surface area contributed by atoms with Crippen molar-refractivity contribution in [1.29, 1.82) is 0 Å². The third-order valence-corrected chi connectivity index (χ3v) is 4.73. The molecule has 0 spiro atoms. The standard InChI is InChI=1S/C18H18ClN3O4S/c1-11(2)20-17(23)10-27-16-6-4-3-5-13(16)18(24)21-12-7-8-14(19)15(9-12)22(25)26/h3-9,11H,10H2,1-2H3,(H,20,23)(H,21,24). The van der Waals surface area contributed by atoms with Crippen LogP contribution in [-0.2, 0) is 4.79 Å². The normalized spacial score (nSPS) is 10.5. The molecule has 0 atom stereocenters. The van der Waals surface area contributed by atoms with Gasteiger partial charge in [-0.05, 0) is 38.1 Å². The van der Waals surface area contributed by atoms with Crippen molar-refractivity contribution in [3.63, 3.8) is 0 Å². The van der Waals surface area contributed by atoms with Crippen LogP contribution in [0.4, 0.5) is 11.4 Å². The smallest absolute Gasteiger partial charge is 0.289 e. The monoisotopic (exact) mass is 407 g/mol. The molecule has 2 amide bonds. The number of rotatable bonds is 7. The molecule has 0 aliphatic heterocycles. The van der Waals surface area contributed by atoms with E-state index < -0.39 is 10.8 Å². The molecular formula is C18H18ClN3O4S. The molecule has 0 aliphatic rings. The average Bonchev–Trinajstić information content (AvgIpc) is 2.61. The Bertz CT molecular complexity index is 873. The second-order valence-electron chi connectivity index (χ2n) is 5.88. The molecule has 0 saturated heterocycles. The van der Waals surface area contributed by atoms with Gasteiger partial charge >= 0.3 is 0 Å². The van der Waals surface area contributed by atoms with E-state index >= 15 is 0 Å². The highest BCUT2D eigenvalue weighted by atomic mass is 35.5. The Morgan fingerprint density at radius 3 is 2.59 bits per heavy atom. The van der Waals surface area contributed by atoms with Crippen LogP contribution < -0.4 is 10.6 Å². The van der Waals surface area contributed by atoms with Gasteiger partial charge in [-0.25, -0.2) is 0 Å². The molecule has 27 heavy (non-hydrogen) atoms. The van der Waals surface area contributed by atoms with Gasteiger partial charge in [-0.3, -0.25) is 19.7 Å². The lowest BCUT2D eigenvalue weighted by molar-refractivity contribution is -0.384. The van der Waals surface area contributed by atoms with Crippen LogP contribution in [0.25, 0.3) is 0 Å². The molecule has 0 unspecified atom stereocenters. The number of nitrogens with one attached hydrogen (secondary N) is 2. The average molecular weight is 408 g/mol. The maximum atomic E-state index is 12.6. The number of nitrogens with zero attached hydrogens (tertiary/aromatic N) is 1. The van der Waals surface area contributed by atoms with E-state index in [1.54, 1.807) is 24.3 Å². The number of amides is 2. The predicted octanol–water partition coefficient (Wildman–Crippen LogP) is 4.12. The first-order valence-corrected chi connectivity index (χ1v) is 9.40. The summed E-state index contributed by atoms with van der Waals surface area (Å²) in [5.41, 5.74) is 0.341. The predicted molar refractivity (Wildman–Crippen MR) is 107 cm³/mol. The van der Waals surface area contributed by atoms with E-state index in [2.05, 4.69) is 10.6 Å². The van der Waals surface area contributed by atoms with Gasteiger partial charge in [0.05, 0.1) is 16.2 Å². The third-order valence-electron chi connectivity index (χ3n) is 3.34. The summed E-state index contributed by atoms with van der Waals surface area (Å²) in [6.07, 6.45) is 0. The number of benzene rings is 2. The van der Waals surface area contributed by atoms with Gasteiger partial charge in [-0.1, -0.05) is 23.7 Å². The molecule has 0 aliphatic carbocycles. The highest BCUT2D eigenvalue weighted by Gasteiger charge is 2.17. The molecule has 0 bridgehead atoms. The van der Waals surface area contributed by atoms with E-state index in [9.17, 15) is 19.7 Å². The minimum Gasteiger partial charge on any atom is -0.353 e. The van der Waals surface area contributed by atoms with Crippen molar-refractivity contribution in [2.24, 2.45) is 0 Å². The zero-order chi connectivity index (χ0) is 20.0. The minimum absolute atomic E-state index is 0.00915. The fourth-order valence-corrected chi connectivity index (χ4v) is 3.26. The first kappa shape index (κ1) is 20.7. The summed E-state index contributed by atoms with van der Waals surface area (Å²) < 4.78 is 0. The summed E-state index contributed by atoms with van der Waals surface area (Å²) in [5, 5.41) is 16.4. The van der Waals surface area contributed by atoms with Crippen molar-refractivity contribution in [2.75, 3.05) is 11.1 Å². The van der Waals surface area contributed by atoms with Crippen LogP contribution in [0.5, 0.6) is 0 Å². The van der Waals surface area contributed by atoms with Crippen molar-refractivity contribution in [3.8, 4) is 0 Å². The van der Waals surface area contributed by atoms with Crippen molar-refractivity contribution in [3.05, 3.63) is 63.2 Å². The summed E-state index contributed by atoms with van der Waals surface area (Å²) in [5.74, 6) is -0.382. The van der Waals surface area contributed by atoms with Crippen LogP contribution in [0.2, 0.25) is 5.02 Å². The van der Waals surface area contributed by atoms with Crippen LogP contribution in [0.15, 0.2) is 47.4 Å². The number of halogens is 1. The zero-order valence-corrected chi connectivity index (χ0v) is 16.3. The second kappa shape index (κ2) is 9.38. The lowest BCUT2D eigenvalue weighted by Crippen LogP contribution is -2.31. The number of nitro benzene ring substituents is 1. The molecule has 0 radical (unpaired) electrons. The number of anilines is 1. The second-order valence-corrected chi connectivity index (χ2v) is 7.31. The van der Waals surface area contributed by atoms with E-state index in [0.717, 1.165) is 0 Å². The van der Waals surface area contributed by atoms with Crippen molar-refractivity contribution < 1.29 is 14.5 Å². The first-order chi connectivity index (χ1) is 12.8. The molecule has 2 N–H and O–H groups in total. The van der Waals surface area contributed by atoms with Crippen LogP contribution >= 0.6 is 23.4 Å². The summed E-state index contributed by atoms with van der Waals surface area (Å²) in [7, 11) is 0. The van der Waals surface area contributed by atoms with Crippen LogP contribution in [-0.4, -0.2) is 28.5 Å². The molecule has 2 aromatic carbocycles. The van der Waals surface area contributed by atoms with E-state index in [4.69, 9.17) is 11.6 Å². The number of nitro groups is 1. The van der Waals surface area contributed by atoms with E-state index in [1.165, 1.54) is 30.0 Å². The molecule has 7 nitrogen and oxygen atoms in total. The Hall–Kier alpha value is -2.58. The maximum absolute atomic E-state index is 12.6. The summed E-state index contributed by atoms with van der Waals surface area (Å²) in [4.78, 5) is 35.4. The molecule has 0 fully saturated rings. The van der Waals surface area contributed by atoms with Crippen LogP contribution in [0, 0.1) is 10.1 Å². The first-order valence-electron chi connectivity index (χ1n) is 8.04. The van der Waals surface area contributed by atoms with Gasteiger partial charge in [0, 0.05) is 22.7 Å². The van der Waals surface area contributed by atoms with Gasteiger partial charge < -0.3 is 10.6 Å². The van der Waals surface area contributed by atoms with Gasteiger partial charge in [-0.2, -0.15) is 0 Å². The van der Waals surface area contributed by atoms with Gasteiger partial charge in [-0.15, -0.1) is 11.8 Å². The maximum Gasteiger partial charge on any atom is 0.289 e. The molecule has 2 aromatic rings. The Morgan fingerprint density at radius 2 is 1.93 bits per heavy atom. The van der Waals surface area contributed by atoms with Gasteiger partial charge in [0.15, 0.2) is 0 Å². The zero-order valence-electron chi connectivity index (χ0n) is 14.7. The molecule has 0 heterocycles. The molecule has 9 heteroatoms. The highest BCUT2D eigenvalue weighted by Crippen LogP contribution is 2.28. The molecule has 0 saturated carbocycles. The van der Waals surface area contributed by atoms with Crippen molar-refractivity contribution >= 4 is 46.6 Å². The number of thioether (sulfide) groups is 1. The lowest BCUT2D eigenvalue weighted by atomic mass is 10.2. The molecule has 2 rings (SSSR count). The summed E-state index contributed by atoms with van der Waals surface area (Å²) >= 11 is 7.03. The minimum atomic E-state index is -0.616. The fourth-order valence-electron chi connectivity index (χ4n) is 2.22. The number of hydrogen-bond acceptors (Lipinski definition) is 5. The SMILES string of the molecule is CC(C)NC(=O)CSc1ccccc1C(=O)Nc1ccc(Cl)c([N+](=O)[O-])c1. The largest absolute Gasteiger partial charge is 0.353 e. The summed E-state index contributed by atoms with van der Waals surface area (Å²) in [6, 6.07) is 10.9. The Labute approximate surface area is 165 Å². The van der Waals surface area contributed by atoms with Crippen LogP contribution in [0.3, 0.4) is 0 Å². The Balaban J connectivity index is 2.14. The molecular weight excluding hydrogens is 390 g/mol. The van der Waals surface area contributed by atoms with Gasteiger partial charge in [0.1, 0.15) is 5.02 Å². The fraction of sp³-hybridized carbons (Fsp3) is 0.222. The number of hydrogen-bond donors (Lipinski definition) is 2.